The number of carbonyl (C=O) groups is 1. The van der Waals surface area contributed by atoms with Crippen LogP contribution in [0.1, 0.15) is 11.1 Å². The van der Waals surface area contributed by atoms with Gasteiger partial charge in [0.2, 0.25) is 0 Å². The quantitative estimate of drug-likeness (QED) is 0.876. The third-order valence-electron chi connectivity index (χ3n) is 2.57. The molecule has 1 atom stereocenters. The van der Waals surface area contributed by atoms with Crippen LogP contribution < -0.4 is 5.32 Å². The molecule has 0 aliphatic carbocycles. The van der Waals surface area contributed by atoms with Crippen LogP contribution in [0.15, 0.2) is 18.2 Å². The lowest BCUT2D eigenvalue weighted by atomic mass is 10.1. The molecule has 18 heavy (non-hydrogen) atoms. The summed E-state index contributed by atoms with van der Waals surface area (Å²) in [7, 11) is 0. The summed E-state index contributed by atoms with van der Waals surface area (Å²) >= 11 is 0. The summed E-state index contributed by atoms with van der Waals surface area (Å²) in [6.07, 6.45) is -4.75. The van der Waals surface area contributed by atoms with E-state index in [1.807, 2.05) is 13.0 Å². The molecule has 0 aliphatic heterocycles. The van der Waals surface area contributed by atoms with Crippen molar-refractivity contribution in [2.45, 2.75) is 20.0 Å². The van der Waals surface area contributed by atoms with E-state index in [9.17, 15) is 18.0 Å². The minimum atomic E-state index is -4.75. The molecular formula is C12H14F3NO2. The van der Waals surface area contributed by atoms with E-state index >= 15 is 0 Å². The fraction of sp³-hybridized carbons (Fsp3) is 0.417. The molecule has 1 aromatic carbocycles. The van der Waals surface area contributed by atoms with E-state index in [0.29, 0.717) is 5.69 Å². The first-order valence-electron chi connectivity index (χ1n) is 5.32. The average molecular weight is 261 g/mol. The third-order valence-corrected chi connectivity index (χ3v) is 2.57. The summed E-state index contributed by atoms with van der Waals surface area (Å²) in [5.41, 5.74) is 2.28. The predicted molar refractivity (Wildman–Crippen MR) is 61.6 cm³/mol. The van der Waals surface area contributed by atoms with Crippen LogP contribution in [-0.2, 0) is 4.79 Å². The van der Waals surface area contributed by atoms with Crippen LogP contribution in [0.4, 0.5) is 18.9 Å². The van der Waals surface area contributed by atoms with Gasteiger partial charge in [-0.25, -0.2) is 0 Å². The van der Waals surface area contributed by atoms with Crippen molar-refractivity contribution in [1.29, 1.82) is 0 Å². The van der Waals surface area contributed by atoms with Gasteiger partial charge in [0, 0.05) is 12.2 Å². The Kier molecular flexibility index (Phi) is 4.21. The highest BCUT2D eigenvalue weighted by Gasteiger charge is 2.44. The Morgan fingerprint density at radius 1 is 1.39 bits per heavy atom. The van der Waals surface area contributed by atoms with Crippen LogP contribution in [-0.4, -0.2) is 23.8 Å². The molecule has 1 unspecified atom stereocenters. The Labute approximate surface area is 103 Å². The maximum Gasteiger partial charge on any atom is 0.403 e. The van der Waals surface area contributed by atoms with Crippen LogP contribution in [0.5, 0.6) is 0 Å². The molecule has 100 valence electrons. The van der Waals surface area contributed by atoms with E-state index in [1.54, 1.807) is 19.1 Å². The molecule has 0 aliphatic rings. The normalized spacial score (nSPS) is 13.2. The second kappa shape index (κ2) is 5.29. The van der Waals surface area contributed by atoms with Gasteiger partial charge in [-0.3, -0.25) is 4.79 Å². The molecule has 0 spiro atoms. The largest absolute Gasteiger partial charge is 0.481 e. The number of hydrogen-bond acceptors (Lipinski definition) is 2. The van der Waals surface area contributed by atoms with Gasteiger partial charge < -0.3 is 10.4 Å². The second-order valence-electron chi connectivity index (χ2n) is 4.13. The maximum absolute atomic E-state index is 12.4. The van der Waals surface area contributed by atoms with Crippen molar-refractivity contribution in [2.24, 2.45) is 5.92 Å². The molecule has 0 fully saturated rings. The minimum absolute atomic E-state index is 0.510. The van der Waals surface area contributed by atoms with E-state index in [1.165, 1.54) is 0 Å². The fourth-order valence-electron chi connectivity index (χ4n) is 1.57. The van der Waals surface area contributed by atoms with Gasteiger partial charge in [-0.1, -0.05) is 17.7 Å². The van der Waals surface area contributed by atoms with Gasteiger partial charge >= 0.3 is 12.1 Å². The number of hydrogen-bond donors (Lipinski definition) is 2. The standard InChI is InChI=1S/C12H14F3NO2/c1-7-3-4-10(8(2)5-7)16-6-9(11(17)18)12(13,14)15/h3-5,9,16H,6H2,1-2H3,(H,17,18). The van der Waals surface area contributed by atoms with Crippen LogP contribution in [0.25, 0.3) is 0 Å². The Hall–Kier alpha value is -1.72. The lowest BCUT2D eigenvalue weighted by Crippen LogP contribution is -2.36. The lowest BCUT2D eigenvalue weighted by Gasteiger charge is -2.18. The van der Waals surface area contributed by atoms with Crippen molar-refractivity contribution in [2.75, 3.05) is 11.9 Å². The van der Waals surface area contributed by atoms with Crippen LogP contribution in [0, 0.1) is 19.8 Å². The monoisotopic (exact) mass is 261 g/mol. The number of benzene rings is 1. The van der Waals surface area contributed by atoms with Gasteiger partial charge in [0.1, 0.15) is 0 Å². The van der Waals surface area contributed by atoms with Gasteiger partial charge in [0.05, 0.1) is 0 Å². The van der Waals surface area contributed by atoms with Crippen molar-refractivity contribution < 1.29 is 23.1 Å². The Morgan fingerprint density at radius 3 is 2.44 bits per heavy atom. The average Bonchev–Trinajstić information content (AvgIpc) is 2.18. The molecule has 0 aromatic heterocycles. The van der Waals surface area contributed by atoms with E-state index in [2.05, 4.69) is 5.32 Å². The summed E-state index contributed by atoms with van der Waals surface area (Å²) in [5.74, 6) is -4.28. The molecule has 0 saturated carbocycles. The van der Waals surface area contributed by atoms with Gasteiger partial charge in [-0.05, 0) is 25.5 Å². The van der Waals surface area contributed by atoms with E-state index in [4.69, 9.17) is 5.11 Å². The highest BCUT2D eigenvalue weighted by Crippen LogP contribution is 2.27. The number of nitrogens with one attached hydrogen (secondary N) is 1. The summed E-state index contributed by atoms with van der Waals surface area (Å²) in [4.78, 5) is 10.5. The molecule has 0 saturated heterocycles. The van der Waals surface area contributed by atoms with Crippen molar-refractivity contribution >= 4 is 11.7 Å². The fourth-order valence-corrected chi connectivity index (χ4v) is 1.57. The van der Waals surface area contributed by atoms with E-state index in [0.717, 1.165) is 11.1 Å². The number of aryl methyl sites for hydroxylation is 2. The van der Waals surface area contributed by atoms with Gasteiger partial charge in [0.25, 0.3) is 0 Å². The van der Waals surface area contributed by atoms with Crippen molar-refractivity contribution in [3.05, 3.63) is 29.3 Å². The first-order chi connectivity index (χ1) is 8.21. The Bertz CT molecular complexity index is 443. The summed E-state index contributed by atoms with van der Waals surface area (Å²) in [5, 5.41) is 11.1. The number of aliphatic carboxylic acids is 1. The van der Waals surface area contributed by atoms with Gasteiger partial charge in [0.15, 0.2) is 5.92 Å². The first kappa shape index (κ1) is 14.3. The van der Waals surface area contributed by atoms with Crippen LogP contribution in [0.3, 0.4) is 0 Å². The highest BCUT2D eigenvalue weighted by atomic mass is 19.4. The Morgan fingerprint density at radius 2 is 2.00 bits per heavy atom. The van der Waals surface area contributed by atoms with Gasteiger partial charge in [-0.15, -0.1) is 0 Å². The molecule has 0 bridgehead atoms. The Balaban J connectivity index is 2.77. The number of anilines is 1. The van der Waals surface area contributed by atoms with Crippen LogP contribution in [0.2, 0.25) is 0 Å². The predicted octanol–water partition coefficient (Wildman–Crippen LogP) is 2.98. The van der Waals surface area contributed by atoms with Crippen LogP contribution >= 0.6 is 0 Å². The van der Waals surface area contributed by atoms with Crippen molar-refractivity contribution in [3.63, 3.8) is 0 Å². The molecule has 3 nitrogen and oxygen atoms in total. The van der Waals surface area contributed by atoms with E-state index < -0.39 is 24.6 Å². The summed E-state index contributed by atoms with van der Waals surface area (Å²) in [6, 6.07) is 5.20. The zero-order valence-electron chi connectivity index (χ0n) is 10.0. The summed E-state index contributed by atoms with van der Waals surface area (Å²) < 4.78 is 37.3. The highest BCUT2D eigenvalue weighted by molar-refractivity contribution is 5.72. The van der Waals surface area contributed by atoms with Gasteiger partial charge in [-0.2, -0.15) is 13.2 Å². The number of carboxylic acids is 1. The smallest absolute Gasteiger partial charge is 0.403 e. The molecule has 0 heterocycles. The zero-order chi connectivity index (χ0) is 13.9. The zero-order valence-corrected chi connectivity index (χ0v) is 10.0. The molecule has 1 aromatic rings. The number of halogens is 3. The SMILES string of the molecule is Cc1ccc(NCC(C(=O)O)C(F)(F)F)c(C)c1. The lowest BCUT2D eigenvalue weighted by molar-refractivity contribution is -0.190. The molecule has 0 amide bonds. The topological polar surface area (TPSA) is 49.3 Å². The van der Waals surface area contributed by atoms with E-state index in [-0.39, 0.29) is 0 Å². The molecule has 2 N–H and O–H groups in total. The maximum atomic E-state index is 12.4. The molecular weight excluding hydrogens is 247 g/mol. The van der Waals surface area contributed by atoms with Crippen molar-refractivity contribution in [1.82, 2.24) is 0 Å². The molecule has 0 radical (unpaired) electrons. The first-order valence-corrected chi connectivity index (χ1v) is 5.32. The third kappa shape index (κ3) is 3.65. The molecule has 6 heteroatoms. The molecule has 1 rings (SSSR count). The number of carboxylic acid groups (broad SMARTS) is 1. The minimum Gasteiger partial charge on any atom is -0.481 e. The number of rotatable bonds is 4. The van der Waals surface area contributed by atoms with Crippen molar-refractivity contribution in [3.8, 4) is 0 Å². The number of alkyl halides is 3. The second-order valence-corrected chi connectivity index (χ2v) is 4.13. The summed E-state index contributed by atoms with van der Waals surface area (Å²) in [6.45, 7) is 2.94.